The van der Waals surface area contributed by atoms with E-state index in [1.54, 1.807) is 30.3 Å². The number of carbonyl (C=O) groups excluding carboxylic acids is 6. The summed E-state index contributed by atoms with van der Waals surface area (Å²) in [5.41, 5.74) is 0.868. The quantitative estimate of drug-likeness (QED) is 0.229. The minimum atomic E-state index is -1.45. The molecule has 0 radical (unpaired) electrons. The Morgan fingerprint density at radius 2 is 1.63 bits per heavy atom. The number of carbonyl (C=O) groups is 6. The van der Waals surface area contributed by atoms with Gasteiger partial charge in [0.2, 0.25) is 29.5 Å². The van der Waals surface area contributed by atoms with Gasteiger partial charge < -0.3 is 36.6 Å². The van der Waals surface area contributed by atoms with Crippen LogP contribution in [0.25, 0.3) is 0 Å². The molecule has 5 rings (SSSR count). The van der Waals surface area contributed by atoms with Crippen LogP contribution >= 0.6 is 0 Å². The van der Waals surface area contributed by atoms with Crippen molar-refractivity contribution in [3.63, 3.8) is 0 Å². The van der Waals surface area contributed by atoms with Gasteiger partial charge in [-0.1, -0.05) is 44.2 Å². The van der Waals surface area contributed by atoms with Crippen LogP contribution in [0.1, 0.15) is 86.6 Å². The molecule has 3 aliphatic rings. The molecule has 6 N–H and O–H groups in total. The summed E-state index contributed by atoms with van der Waals surface area (Å²) < 4.78 is 0. The van der Waals surface area contributed by atoms with Gasteiger partial charge in [0, 0.05) is 30.9 Å². The van der Waals surface area contributed by atoms with E-state index in [-0.39, 0.29) is 37.3 Å². The van der Waals surface area contributed by atoms with E-state index in [1.165, 1.54) is 24.2 Å². The SMILES string of the molecule is CC(C)C[C@@H]1NC(=O)C[C@H](c2ccccc2)NC(=O)[C@H](C)NC(=O)[C@@H]2C[C@H](NC(=O)c3cnc(C4CC4)nc3)CN2C(=O)[C@@H](CO)NC1=O. The van der Waals surface area contributed by atoms with E-state index in [0.29, 0.717) is 17.3 Å². The predicted molar refractivity (Wildman–Crippen MR) is 175 cm³/mol. The van der Waals surface area contributed by atoms with E-state index in [0.717, 1.165) is 12.8 Å². The number of hydrogen-bond donors (Lipinski definition) is 6. The second kappa shape index (κ2) is 15.5. The van der Waals surface area contributed by atoms with Crippen molar-refractivity contribution in [2.45, 2.75) is 95.0 Å². The van der Waals surface area contributed by atoms with Gasteiger partial charge in [-0.15, -0.1) is 0 Å². The number of rotatable bonds is 7. The lowest BCUT2D eigenvalue weighted by atomic mass is 10.00. The molecule has 6 amide bonds. The zero-order valence-electron chi connectivity index (χ0n) is 27.8. The van der Waals surface area contributed by atoms with Crippen molar-refractivity contribution in [1.82, 2.24) is 41.5 Å². The van der Waals surface area contributed by atoms with E-state index in [1.807, 2.05) is 13.8 Å². The van der Waals surface area contributed by atoms with Crippen LogP contribution in [0.15, 0.2) is 42.7 Å². The van der Waals surface area contributed by atoms with Crippen LogP contribution in [0.3, 0.4) is 0 Å². The highest BCUT2D eigenvalue weighted by Gasteiger charge is 2.44. The molecule has 0 spiro atoms. The van der Waals surface area contributed by atoms with Crippen LogP contribution in [0.5, 0.6) is 0 Å². The molecule has 49 heavy (non-hydrogen) atoms. The summed E-state index contributed by atoms with van der Waals surface area (Å²) >= 11 is 0. The van der Waals surface area contributed by atoms with Crippen LogP contribution in [0.4, 0.5) is 0 Å². The third kappa shape index (κ3) is 8.96. The summed E-state index contributed by atoms with van der Waals surface area (Å²) in [4.78, 5) is 90.7. The van der Waals surface area contributed by atoms with Gasteiger partial charge >= 0.3 is 0 Å². The molecule has 1 aromatic carbocycles. The Kier molecular flexibility index (Phi) is 11.2. The number of nitrogens with zero attached hydrogens (tertiary/aromatic N) is 3. The van der Waals surface area contributed by atoms with Crippen LogP contribution in [0, 0.1) is 5.92 Å². The highest BCUT2D eigenvalue weighted by atomic mass is 16.3. The van der Waals surface area contributed by atoms with E-state index in [2.05, 4.69) is 36.6 Å². The third-order valence-electron chi connectivity index (χ3n) is 8.91. The minimum absolute atomic E-state index is 0.00341. The molecule has 2 saturated heterocycles. The number of fused-ring (bicyclic) bond motifs is 1. The van der Waals surface area contributed by atoms with Crippen LogP contribution < -0.4 is 26.6 Å². The fourth-order valence-electron chi connectivity index (χ4n) is 6.12. The van der Waals surface area contributed by atoms with Crippen molar-refractivity contribution in [3.05, 3.63) is 59.7 Å². The molecule has 1 aromatic heterocycles. The molecular weight excluding hydrogens is 632 g/mol. The van der Waals surface area contributed by atoms with Crippen molar-refractivity contribution >= 4 is 35.4 Å². The molecular formula is C34H44N8O7. The maximum atomic E-state index is 13.9. The van der Waals surface area contributed by atoms with Gasteiger partial charge in [-0.25, -0.2) is 9.97 Å². The lowest BCUT2D eigenvalue weighted by Crippen LogP contribution is -2.59. The molecule has 1 saturated carbocycles. The van der Waals surface area contributed by atoms with E-state index < -0.39 is 78.3 Å². The molecule has 0 bridgehead atoms. The van der Waals surface area contributed by atoms with Crippen molar-refractivity contribution in [3.8, 4) is 0 Å². The maximum absolute atomic E-state index is 13.9. The topological polar surface area (TPSA) is 212 Å². The lowest BCUT2D eigenvalue weighted by molar-refractivity contribution is -0.143. The molecule has 0 unspecified atom stereocenters. The van der Waals surface area contributed by atoms with Gasteiger partial charge in [-0.2, -0.15) is 0 Å². The summed E-state index contributed by atoms with van der Waals surface area (Å²) in [7, 11) is 0. The van der Waals surface area contributed by atoms with Crippen molar-refractivity contribution in [2.24, 2.45) is 5.92 Å². The Labute approximate surface area is 284 Å². The van der Waals surface area contributed by atoms with Crippen LogP contribution in [-0.4, -0.2) is 98.8 Å². The molecule has 3 fully saturated rings. The van der Waals surface area contributed by atoms with Crippen molar-refractivity contribution in [2.75, 3.05) is 13.2 Å². The summed E-state index contributed by atoms with van der Waals surface area (Å²) in [5, 5.41) is 23.9. The maximum Gasteiger partial charge on any atom is 0.254 e. The number of hydrogen-bond acceptors (Lipinski definition) is 9. The molecule has 1 aliphatic carbocycles. The highest BCUT2D eigenvalue weighted by molar-refractivity contribution is 5.97. The summed E-state index contributed by atoms with van der Waals surface area (Å²) in [6.45, 7) is 4.33. The fourth-order valence-corrected chi connectivity index (χ4v) is 6.12. The van der Waals surface area contributed by atoms with Gasteiger partial charge in [-0.3, -0.25) is 28.8 Å². The first kappa shape index (κ1) is 35.4. The van der Waals surface area contributed by atoms with E-state index in [4.69, 9.17) is 0 Å². The molecule has 2 aromatic rings. The molecule has 15 heteroatoms. The monoisotopic (exact) mass is 676 g/mol. The Morgan fingerprint density at radius 3 is 2.27 bits per heavy atom. The average Bonchev–Trinajstić information content (AvgIpc) is 3.85. The lowest BCUT2D eigenvalue weighted by Gasteiger charge is -2.30. The van der Waals surface area contributed by atoms with Crippen molar-refractivity contribution < 1.29 is 33.9 Å². The highest BCUT2D eigenvalue weighted by Crippen LogP contribution is 2.37. The van der Waals surface area contributed by atoms with Crippen LogP contribution in [0.2, 0.25) is 0 Å². The first-order valence-electron chi connectivity index (χ1n) is 16.7. The molecule has 3 heterocycles. The number of benzene rings is 1. The largest absolute Gasteiger partial charge is 0.394 e. The first-order valence-corrected chi connectivity index (χ1v) is 16.7. The average molecular weight is 677 g/mol. The van der Waals surface area contributed by atoms with E-state index >= 15 is 0 Å². The second-order valence-corrected chi connectivity index (χ2v) is 13.4. The van der Waals surface area contributed by atoms with Gasteiger partial charge in [0.25, 0.3) is 5.91 Å². The molecule has 6 atom stereocenters. The van der Waals surface area contributed by atoms with Gasteiger partial charge in [0.15, 0.2) is 0 Å². The second-order valence-electron chi connectivity index (χ2n) is 13.4. The zero-order chi connectivity index (χ0) is 35.2. The Morgan fingerprint density at radius 1 is 0.939 bits per heavy atom. The van der Waals surface area contributed by atoms with Gasteiger partial charge in [0.05, 0.1) is 24.6 Å². The van der Waals surface area contributed by atoms with Crippen LogP contribution in [-0.2, 0) is 24.0 Å². The number of aliphatic hydroxyl groups is 1. The number of aliphatic hydroxyl groups excluding tert-OH is 1. The number of amides is 6. The van der Waals surface area contributed by atoms with E-state index in [9.17, 15) is 33.9 Å². The summed E-state index contributed by atoms with van der Waals surface area (Å²) in [6, 6.07) is 2.68. The Bertz CT molecular complexity index is 1550. The molecule has 2 aliphatic heterocycles. The van der Waals surface area contributed by atoms with Gasteiger partial charge in [0.1, 0.15) is 30.0 Å². The zero-order valence-corrected chi connectivity index (χ0v) is 27.8. The van der Waals surface area contributed by atoms with Gasteiger partial charge in [-0.05, 0) is 44.1 Å². The number of aromatic nitrogens is 2. The Hall–Kier alpha value is -4.92. The fraction of sp³-hybridized carbons (Fsp3) is 0.529. The smallest absolute Gasteiger partial charge is 0.254 e. The molecule has 262 valence electrons. The first-order chi connectivity index (χ1) is 23.4. The standard InChI is InChI=1S/C34H44N8O7/c1-18(2)11-25-32(47)41-26(17-43)34(49)42-16-23(38-31(46)22-14-35-29(36-15-22)21-9-10-21)12-27(42)33(48)37-19(3)30(45)40-24(13-28(44)39-25)20-7-5-4-6-8-20/h4-8,14-15,18-19,21,23-27,43H,9-13,16-17H2,1-3H3,(H,37,48)(H,38,46)(H,39,44)(H,40,45)(H,41,47)/t19-,23-,24+,25-,26+,27-/m0/s1. The predicted octanol–water partition coefficient (Wildman–Crippen LogP) is -0.173. The Balaban J connectivity index is 1.41. The number of nitrogens with one attached hydrogen (secondary N) is 5. The van der Waals surface area contributed by atoms with Crippen molar-refractivity contribution in [1.29, 1.82) is 0 Å². The normalized spacial score (nSPS) is 27.1. The molecule has 15 nitrogen and oxygen atoms in total. The summed E-state index contributed by atoms with van der Waals surface area (Å²) in [5.74, 6) is -2.70. The third-order valence-corrected chi connectivity index (χ3v) is 8.91. The summed E-state index contributed by atoms with van der Waals surface area (Å²) in [6.07, 6.45) is 4.94. The minimum Gasteiger partial charge on any atom is -0.394 e.